The minimum Gasteiger partial charge on any atom is -0.303 e. The lowest BCUT2D eigenvalue weighted by molar-refractivity contribution is -0.108. The zero-order chi connectivity index (χ0) is 10.2. The van der Waals surface area contributed by atoms with Gasteiger partial charge >= 0.3 is 0 Å². The van der Waals surface area contributed by atoms with Gasteiger partial charge in [0.15, 0.2) is 0 Å². The molecule has 0 saturated heterocycles. The molecule has 3 aliphatic carbocycles. The first-order valence-corrected chi connectivity index (χ1v) is 5.81. The highest BCUT2D eigenvalue weighted by molar-refractivity contribution is 5.49. The van der Waals surface area contributed by atoms with Crippen molar-refractivity contribution in [2.45, 2.75) is 45.4 Å². The van der Waals surface area contributed by atoms with Crippen LogP contribution in [0.25, 0.3) is 0 Å². The van der Waals surface area contributed by atoms with E-state index in [1.165, 1.54) is 31.3 Å². The number of aldehydes is 1. The number of hydrogen-bond acceptors (Lipinski definition) is 1. The van der Waals surface area contributed by atoms with E-state index < -0.39 is 0 Å². The first-order valence-electron chi connectivity index (χ1n) is 5.81. The van der Waals surface area contributed by atoms with Crippen LogP contribution in [0.4, 0.5) is 0 Å². The van der Waals surface area contributed by atoms with E-state index in [1.54, 1.807) is 0 Å². The van der Waals surface area contributed by atoms with Crippen LogP contribution >= 0.6 is 0 Å². The number of carbonyl (C=O) groups excluding carboxylic acids is 1. The highest BCUT2D eigenvalue weighted by Gasteiger charge is 2.46. The van der Waals surface area contributed by atoms with Crippen LogP contribution in [0.15, 0.2) is 12.2 Å². The lowest BCUT2D eigenvalue weighted by atomic mass is 9.53. The smallest absolute Gasteiger partial charge is 0.120 e. The van der Waals surface area contributed by atoms with E-state index >= 15 is 0 Å². The third kappa shape index (κ3) is 1.34. The molecule has 3 fully saturated rings. The van der Waals surface area contributed by atoms with Crippen LogP contribution in [0.5, 0.6) is 0 Å². The summed E-state index contributed by atoms with van der Waals surface area (Å²) in [6, 6.07) is 0. The lowest BCUT2D eigenvalue weighted by Gasteiger charge is -2.52. The SMILES string of the molecule is C=C1C2CCC(CC2)[C@@]1(C)CCC=O. The predicted molar refractivity (Wildman–Crippen MR) is 58.0 cm³/mol. The molecule has 2 bridgehead atoms. The molecule has 3 aliphatic rings. The fourth-order valence-corrected chi connectivity index (χ4v) is 3.53. The van der Waals surface area contributed by atoms with Gasteiger partial charge in [0, 0.05) is 6.42 Å². The Morgan fingerprint density at radius 1 is 1.43 bits per heavy atom. The van der Waals surface area contributed by atoms with Gasteiger partial charge in [0.2, 0.25) is 0 Å². The maximum Gasteiger partial charge on any atom is 0.120 e. The van der Waals surface area contributed by atoms with Gasteiger partial charge in [-0.15, -0.1) is 0 Å². The lowest BCUT2D eigenvalue weighted by Crippen LogP contribution is -2.41. The summed E-state index contributed by atoms with van der Waals surface area (Å²) in [5.41, 5.74) is 1.73. The second-order valence-corrected chi connectivity index (χ2v) is 5.20. The van der Waals surface area contributed by atoms with Crippen LogP contribution in [0.1, 0.15) is 45.4 Å². The van der Waals surface area contributed by atoms with Crippen molar-refractivity contribution in [3.8, 4) is 0 Å². The largest absolute Gasteiger partial charge is 0.303 e. The zero-order valence-corrected chi connectivity index (χ0v) is 9.09. The number of allylic oxidation sites excluding steroid dienone is 1. The van der Waals surface area contributed by atoms with Crippen molar-refractivity contribution < 1.29 is 4.79 Å². The van der Waals surface area contributed by atoms with E-state index in [9.17, 15) is 4.79 Å². The topological polar surface area (TPSA) is 17.1 Å². The molecule has 0 unspecified atom stereocenters. The van der Waals surface area contributed by atoms with Crippen molar-refractivity contribution in [2.24, 2.45) is 17.3 Å². The molecule has 0 aromatic rings. The molecule has 0 amide bonds. The van der Waals surface area contributed by atoms with Gasteiger partial charge in [0.1, 0.15) is 6.29 Å². The fraction of sp³-hybridized carbons (Fsp3) is 0.769. The number of rotatable bonds is 3. The molecular formula is C13H20O. The predicted octanol–water partition coefficient (Wildman–Crippen LogP) is 3.35. The van der Waals surface area contributed by atoms with E-state index in [0.29, 0.717) is 6.42 Å². The Balaban J connectivity index is 2.16. The van der Waals surface area contributed by atoms with Crippen molar-refractivity contribution >= 4 is 6.29 Å². The molecule has 0 aliphatic heterocycles. The maximum absolute atomic E-state index is 10.5. The molecule has 0 heterocycles. The molecule has 0 aromatic carbocycles. The Morgan fingerprint density at radius 2 is 2.07 bits per heavy atom. The summed E-state index contributed by atoms with van der Waals surface area (Å²) in [7, 11) is 0. The average molecular weight is 192 g/mol. The highest BCUT2D eigenvalue weighted by Crippen LogP contribution is 2.57. The summed E-state index contributed by atoms with van der Waals surface area (Å²) >= 11 is 0. The van der Waals surface area contributed by atoms with Gasteiger partial charge in [-0.2, -0.15) is 0 Å². The van der Waals surface area contributed by atoms with Gasteiger partial charge in [-0.25, -0.2) is 0 Å². The molecule has 14 heavy (non-hydrogen) atoms. The quantitative estimate of drug-likeness (QED) is 0.495. The van der Waals surface area contributed by atoms with Crippen LogP contribution in [0.3, 0.4) is 0 Å². The second kappa shape index (κ2) is 3.52. The fourth-order valence-electron chi connectivity index (χ4n) is 3.53. The molecule has 78 valence electrons. The average Bonchev–Trinajstić information content (AvgIpc) is 2.23. The Hall–Kier alpha value is -0.590. The number of fused-ring (bicyclic) bond motifs is 3. The van der Waals surface area contributed by atoms with Crippen LogP contribution < -0.4 is 0 Å². The summed E-state index contributed by atoms with van der Waals surface area (Å²) in [6.45, 7) is 6.62. The molecule has 1 nitrogen and oxygen atoms in total. The zero-order valence-electron chi connectivity index (χ0n) is 9.09. The summed E-state index contributed by atoms with van der Waals surface area (Å²) < 4.78 is 0. The molecule has 0 aromatic heterocycles. The maximum atomic E-state index is 10.5. The summed E-state index contributed by atoms with van der Waals surface area (Å²) in [4.78, 5) is 10.5. The summed E-state index contributed by atoms with van der Waals surface area (Å²) in [6.07, 6.45) is 8.20. The first-order chi connectivity index (χ1) is 6.68. The van der Waals surface area contributed by atoms with Crippen molar-refractivity contribution in [1.29, 1.82) is 0 Å². The van der Waals surface area contributed by atoms with Crippen molar-refractivity contribution in [1.82, 2.24) is 0 Å². The Kier molecular flexibility index (Phi) is 2.50. The highest BCUT2D eigenvalue weighted by atomic mass is 16.1. The third-order valence-electron chi connectivity index (χ3n) is 4.64. The number of carbonyl (C=O) groups is 1. The van der Waals surface area contributed by atoms with Crippen LogP contribution in [-0.2, 0) is 4.79 Å². The molecular weight excluding hydrogens is 172 g/mol. The van der Waals surface area contributed by atoms with Gasteiger partial charge in [0.25, 0.3) is 0 Å². The third-order valence-corrected chi connectivity index (χ3v) is 4.64. The standard InChI is InChI=1S/C13H20O/c1-10-11-4-6-12(7-5-11)13(10,2)8-3-9-14/h9,11-12H,1,3-8H2,2H3/t11?,12?,13-/m0/s1. The van der Waals surface area contributed by atoms with Crippen molar-refractivity contribution in [2.75, 3.05) is 0 Å². The van der Waals surface area contributed by atoms with Gasteiger partial charge in [-0.3, -0.25) is 0 Å². The van der Waals surface area contributed by atoms with Crippen molar-refractivity contribution in [3.63, 3.8) is 0 Å². The normalized spacial score (nSPS) is 41.4. The summed E-state index contributed by atoms with van der Waals surface area (Å²) in [5.74, 6) is 1.57. The van der Waals surface area contributed by atoms with Gasteiger partial charge < -0.3 is 4.79 Å². The first kappa shape index (κ1) is 9.95. The Morgan fingerprint density at radius 3 is 2.57 bits per heavy atom. The molecule has 3 saturated carbocycles. The molecule has 1 atom stereocenters. The second-order valence-electron chi connectivity index (χ2n) is 5.20. The van der Waals surface area contributed by atoms with E-state index in [0.717, 1.165) is 24.5 Å². The van der Waals surface area contributed by atoms with Gasteiger partial charge in [0.05, 0.1) is 0 Å². The monoisotopic (exact) mass is 192 g/mol. The number of hydrogen-bond donors (Lipinski definition) is 0. The van der Waals surface area contributed by atoms with E-state index in [4.69, 9.17) is 0 Å². The minimum absolute atomic E-state index is 0.280. The van der Waals surface area contributed by atoms with Crippen LogP contribution in [0.2, 0.25) is 0 Å². The van der Waals surface area contributed by atoms with E-state index in [1.807, 2.05) is 0 Å². The van der Waals surface area contributed by atoms with Crippen LogP contribution in [-0.4, -0.2) is 6.29 Å². The van der Waals surface area contributed by atoms with Crippen LogP contribution in [0, 0.1) is 17.3 Å². The summed E-state index contributed by atoms with van der Waals surface area (Å²) in [5, 5.41) is 0. The van der Waals surface area contributed by atoms with E-state index in [2.05, 4.69) is 13.5 Å². The minimum atomic E-state index is 0.280. The van der Waals surface area contributed by atoms with Gasteiger partial charge in [-0.1, -0.05) is 19.1 Å². The molecule has 1 heteroatoms. The molecule has 3 rings (SSSR count). The Bertz CT molecular complexity index is 248. The molecule has 0 radical (unpaired) electrons. The van der Waals surface area contributed by atoms with Gasteiger partial charge in [-0.05, 0) is 49.4 Å². The Labute approximate surface area is 86.6 Å². The van der Waals surface area contributed by atoms with Crippen molar-refractivity contribution in [3.05, 3.63) is 12.2 Å². The van der Waals surface area contributed by atoms with E-state index in [-0.39, 0.29) is 5.41 Å². The molecule has 0 spiro atoms. The molecule has 0 N–H and O–H groups in total.